The second-order valence-electron chi connectivity index (χ2n) is 10.2. The van der Waals surface area contributed by atoms with Gasteiger partial charge < -0.3 is 14.8 Å². The highest BCUT2D eigenvalue weighted by Gasteiger charge is 2.36. The monoisotopic (exact) mass is 638 g/mol. The average Bonchev–Trinajstić information content (AvgIpc) is 2.99. The van der Waals surface area contributed by atoms with Gasteiger partial charge in [-0.1, -0.05) is 47.8 Å². The summed E-state index contributed by atoms with van der Waals surface area (Å²) in [6, 6.07) is 9.30. The Bertz CT molecular complexity index is 1410. The second-order valence-corrected chi connectivity index (χ2v) is 11.0. The Kier molecular flexibility index (Phi) is 10.9. The van der Waals surface area contributed by atoms with Crippen LogP contribution in [0.15, 0.2) is 54.9 Å². The summed E-state index contributed by atoms with van der Waals surface area (Å²) < 4.78 is 51.1. The van der Waals surface area contributed by atoms with Crippen LogP contribution in [0.25, 0.3) is 0 Å². The molecule has 2 aromatic heterocycles. The van der Waals surface area contributed by atoms with Gasteiger partial charge in [0.05, 0.1) is 34.3 Å². The van der Waals surface area contributed by atoms with Crippen LogP contribution >= 0.6 is 23.2 Å². The number of amides is 1. The molecule has 0 saturated carbocycles. The largest absolute Gasteiger partial charge is 0.468 e. The van der Waals surface area contributed by atoms with Gasteiger partial charge in [0.2, 0.25) is 5.88 Å². The van der Waals surface area contributed by atoms with E-state index in [4.69, 9.17) is 32.7 Å². The number of rotatable bonds is 10. The Balaban J connectivity index is 1.56. The topological polar surface area (TPSA) is 93.7 Å². The number of pyridine rings is 2. The summed E-state index contributed by atoms with van der Waals surface area (Å²) in [5, 5.41) is 3.15. The Hall–Kier alpha value is -3.41. The van der Waals surface area contributed by atoms with Crippen LogP contribution in [0.2, 0.25) is 10.0 Å². The molecular weight excluding hydrogens is 608 g/mol. The van der Waals surface area contributed by atoms with Gasteiger partial charge in [0.1, 0.15) is 6.10 Å². The molecule has 1 fully saturated rings. The van der Waals surface area contributed by atoms with Gasteiger partial charge in [0, 0.05) is 31.0 Å². The van der Waals surface area contributed by atoms with Crippen LogP contribution in [-0.4, -0.2) is 59.0 Å². The third-order valence-electron chi connectivity index (χ3n) is 7.37. The Labute approximate surface area is 257 Å². The van der Waals surface area contributed by atoms with E-state index in [1.165, 1.54) is 37.7 Å². The molecule has 8 nitrogen and oxygen atoms in total. The number of carbonyl (C=O) groups excluding carboxylic acids is 2. The molecule has 1 aliphatic heterocycles. The van der Waals surface area contributed by atoms with Gasteiger partial charge in [-0.3, -0.25) is 14.7 Å². The Morgan fingerprint density at radius 2 is 1.79 bits per heavy atom. The minimum atomic E-state index is -4.48. The molecule has 4 rings (SSSR count). The van der Waals surface area contributed by atoms with E-state index >= 15 is 0 Å². The maximum atomic E-state index is 13.3. The lowest BCUT2D eigenvalue weighted by Gasteiger charge is -2.43. The molecule has 1 amide bonds. The third kappa shape index (κ3) is 8.16. The number of piperidine rings is 1. The summed E-state index contributed by atoms with van der Waals surface area (Å²) in [6.07, 6.45) is 0.603. The number of halogens is 5. The highest BCUT2D eigenvalue weighted by molar-refractivity contribution is 6.39. The zero-order valence-electron chi connectivity index (χ0n) is 23.5. The molecule has 0 aliphatic carbocycles. The van der Waals surface area contributed by atoms with Gasteiger partial charge in [0.15, 0.2) is 5.69 Å². The molecular formula is C30H31Cl2F3N4O4. The number of hydrogen-bond acceptors (Lipinski definition) is 7. The van der Waals surface area contributed by atoms with E-state index in [2.05, 4.69) is 20.2 Å². The first-order valence-corrected chi connectivity index (χ1v) is 14.5. The lowest BCUT2D eigenvalue weighted by Crippen LogP contribution is -2.50. The summed E-state index contributed by atoms with van der Waals surface area (Å²) in [4.78, 5) is 35.2. The summed E-state index contributed by atoms with van der Waals surface area (Å²) in [5.41, 5.74) is -0.0260. The van der Waals surface area contributed by atoms with Crippen LogP contribution in [0.5, 0.6) is 5.88 Å². The standard InChI is InChI=1S/C30H31Cl2F3N4O4/c1-18(13-14-37-28(40)26-21(31)16-36-17-22(26)32)39-15-4-3-7-24(39)27(19-9-11-20(12-10-19)30(33,34)35)43-25-8-5-6-23(38-25)29(41)42-2/h5-6,8-12,16-18,24,27H,3-4,7,13-15H2,1-2H3,(H,37,40). The number of methoxy groups -OCH3 is 1. The molecule has 0 bridgehead atoms. The van der Waals surface area contributed by atoms with Crippen molar-refractivity contribution in [2.24, 2.45) is 0 Å². The van der Waals surface area contributed by atoms with Gasteiger partial charge in [-0.25, -0.2) is 9.78 Å². The molecule has 3 atom stereocenters. The van der Waals surface area contributed by atoms with Gasteiger partial charge in [0.25, 0.3) is 5.91 Å². The Morgan fingerprint density at radius 1 is 1.09 bits per heavy atom. The molecule has 3 heterocycles. The first-order chi connectivity index (χ1) is 20.5. The molecule has 1 saturated heterocycles. The number of hydrogen-bond donors (Lipinski definition) is 1. The molecule has 1 N–H and O–H groups in total. The van der Waals surface area contributed by atoms with Crippen molar-refractivity contribution < 1.29 is 32.2 Å². The van der Waals surface area contributed by atoms with E-state index in [1.807, 2.05) is 6.92 Å². The van der Waals surface area contributed by atoms with Crippen LogP contribution in [0.1, 0.15) is 70.7 Å². The number of aromatic nitrogens is 2. The van der Waals surface area contributed by atoms with Crippen molar-refractivity contribution in [1.82, 2.24) is 20.2 Å². The van der Waals surface area contributed by atoms with Crippen molar-refractivity contribution in [3.63, 3.8) is 0 Å². The number of nitrogens with one attached hydrogen (secondary N) is 1. The first-order valence-electron chi connectivity index (χ1n) is 13.7. The average molecular weight is 640 g/mol. The number of ether oxygens (including phenoxy) is 2. The van der Waals surface area contributed by atoms with Gasteiger partial charge >= 0.3 is 12.1 Å². The first kappa shape index (κ1) is 32.5. The van der Waals surface area contributed by atoms with Crippen molar-refractivity contribution in [3.05, 3.63) is 87.3 Å². The summed E-state index contributed by atoms with van der Waals surface area (Å²) in [5.74, 6) is -0.910. The van der Waals surface area contributed by atoms with Crippen LogP contribution < -0.4 is 10.1 Å². The van der Waals surface area contributed by atoms with Crippen molar-refractivity contribution >= 4 is 35.1 Å². The van der Waals surface area contributed by atoms with Crippen molar-refractivity contribution in [1.29, 1.82) is 0 Å². The van der Waals surface area contributed by atoms with Crippen molar-refractivity contribution in [3.8, 4) is 5.88 Å². The minimum absolute atomic E-state index is 0.0381. The predicted molar refractivity (Wildman–Crippen MR) is 155 cm³/mol. The number of alkyl halides is 3. The number of benzene rings is 1. The zero-order valence-corrected chi connectivity index (χ0v) is 25.0. The smallest absolute Gasteiger partial charge is 0.416 e. The van der Waals surface area contributed by atoms with Crippen LogP contribution in [0.3, 0.4) is 0 Å². The van der Waals surface area contributed by atoms with E-state index in [9.17, 15) is 22.8 Å². The molecule has 3 aromatic rings. The molecule has 0 spiro atoms. The van der Waals surface area contributed by atoms with E-state index in [0.717, 1.165) is 31.5 Å². The lowest BCUT2D eigenvalue weighted by atomic mass is 9.90. The summed E-state index contributed by atoms with van der Waals surface area (Å²) in [6.45, 7) is 3.07. The van der Waals surface area contributed by atoms with E-state index in [-0.39, 0.29) is 39.3 Å². The van der Waals surface area contributed by atoms with Crippen LogP contribution in [0, 0.1) is 0 Å². The highest BCUT2D eigenvalue weighted by Crippen LogP contribution is 2.36. The van der Waals surface area contributed by atoms with Crippen molar-refractivity contribution in [2.45, 2.75) is 57.0 Å². The fourth-order valence-electron chi connectivity index (χ4n) is 5.19. The van der Waals surface area contributed by atoms with E-state index in [0.29, 0.717) is 24.9 Å². The summed E-state index contributed by atoms with van der Waals surface area (Å²) >= 11 is 12.2. The quantitative estimate of drug-likeness (QED) is 0.245. The maximum absolute atomic E-state index is 13.3. The molecule has 1 aliphatic rings. The predicted octanol–water partition coefficient (Wildman–Crippen LogP) is 6.77. The SMILES string of the molecule is COC(=O)c1cccc(OC(c2ccc(C(F)(F)F)cc2)C2CCCCN2C(C)CCNC(=O)c2c(Cl)cncc2Cl)n1. The van der Waals surface area contributed by atoms with Crippen LogP contribution in [-0.2, 0) is 10.9 Å². The van der Waals surface area contributed by atoms with Gasteiger partial charge in [-0.2, -0.15) is 13.2 Å². The maximum Gasteiger partial charge on any atom is 0.416 e. The minimum Gasteiger partial charge on any atom is -0.468 e. The Morgan fingerprint density at radius 3 is 2.44 bits per heavy atom. The molecule has 3 unspecified atom stereocenters. The molecule has 13 heteroatoms. The number of carbonyl (C=O) groups is 2. The second kappa shape index (κ2) is 14.4. The number of likely N-dealkylation sites (tertiary alicyclic amines) is 1. The number of nitrogens with zero attached hydrogens (tertiary/aromatic N) is 3. The molecule has 1 aromatic carbocycles. The lowest BCUT2D eigenvalue weighted by molar-refractivity contribution is -0.137. The molecule has 0 radical (unpaired) electrons. The summed E-state index contributed by atoms with van der Waals surface area (Å²) in [7, 11) is 1.24. The normalized spacial score (nSPS) is 17.1. The zero-order chi connectivity index (χ0) is 31.1. The van der Waals surface area contributed by atoms with E-state index < -0.39 is 29.7 Å². The van der Waals surface area contributed by atoms with Gasteiger partial charge in [-0.15, -0.1) is 0 Å². The molecule has 230 valence electrons. The van der Waals surface area contributed by atoms with Crippen molar-refractivity contribution in [2.75, 3.05) is 20.2 Å². The fourth-order valence-corrected chi connectivity index (χ4v) is 5.72. The van der Waals surface area contributed by atoms with Crippen LogP contribution in [0.4, 0.5) is 13.2 Å². The molecule has 43 heavy (non-hydrogen) atoms. The number of esters is 1. The van der Waals surface area contributed by atoms with E-state index in [1.54, 1.807) is 12.1 Å². The fraction of sp³-hybridized carbons (Fsp3) is 0.400. The van der Waals surface area contributed by atoms with Gasteiger partial charge in [-0.05, 0) is 56.5 Å². The third-order valence-corrected chi connectivity index (χ3v) is 7.94. The highest BCUT2D eigenvalue weighted by atomic mass is 35.5.